The summed E-state index contributed by atoms with van der Waals surface area (Å²) in [7, 11) is 1.79. The SMILES string of the molecule is Cc1n[nH]c(C)c1CN(C)[C@@H](C(=O)O)c1ccc(C(C)(C)C#N)cc1. The maximum absolute atomic E-state index is 11.9. The van der Waals surface area contributed by atoms with Crippen molar-refractivity contribution >= 4 is 5.97 Å². The van der Waals surface area contributed by atoms with Crippen LogP contribution in [-0.4, -0.2) is 33.2 Å². The second-order valence-electron chi connectivity index (χ2n) is 6.93. The smallest absolute Gasteiger partial charge is 0.325 e. The summed E-state index contributed by atoms with van der Waals surface area (Å²) in [6, 6.07) is 8.73. The Morgan fingerprint density at radius 2 is 1.96 bits per heavy atom. The summed E-state index contributed by atoms with van der Waals surface area (Å²) >= 11 is 0. The summed E-state index contributed by atoms with van der Waals surface area (Å²) in [4.78, 5) is 13.6. The normalized spacial score (nSPS) is 12.8. The third kappa shape index (κ3) is 3.89. The van der Waals surface area contributed by atoms with Gasteiger partial charge in [-0.15, -0.1) is 0 Å². The molecule has 1 atom stereocenters. The van der Waals surface area contributed by atoms with Crippen LogP contribution in [0.3, 0.4) is 0 Å². The molecule has 1 heterocycles. The number of aliphatic carboxylic acids is 1. The van der Waals surface area contributed by atoms with E-state index < -0.39 is 17.4 Å². The maximum atomic E-state index is 11.9. The Morgan fingerprint density at radius 3 is 2.40 bits per heavy atom. The second kappa shape index (κ2) is 7.08. The van der Waals surface area contributed by atoms with Crippen LogP contribution in [0.5, 0.6) is 0 Å². The maximum Gasteiger partial charge on any atom is 0.325 e. The number of carboxylic acids is 1. The first-order chi connectivity index (χ1) is 11.7. The molecule has 1 aromatic heterocycles. The van der Waals surface area contributed by atoms with Crippen molar-refractivity contribution in [2.24, 2.45) is 0 Å². The number of aromatic nitrogens is 2. The molecule has 6 nitrogen and oxygen atoms in total. The van der Waals surface area contributed by atoms with Crippen molar-refractivity contribution < 1.29 is 9.90 Å². The van der Waals surface area contributed by atoms with Crippen molar-refractivity contribution in [1.29, 1.82) is 5.26 Å². The van der Waals surface area contributed by atoms with Crippen molar-refractivity contribution in [1.82, 2.24) is 15.1 Å². The van der Waals surface area contributed by atoms with Crippen LogP contribution >= 0.6 is 0 Å². The van der Waals surface area contributed by atoms with Gasteiger partial charge in [-0.2, -0.15) is 10.4 Å². The van der Waals surface area contributed by atoms with E-state index in [0.717, 1.165) is 22.5 Å². The van der Waals surface area contributed by atoms with E-state index >= 15 is 0 Å². The first-order valence-corrected chi connectivity index (χ1v) is 8.12. The Morgan fingerprint density at radius 1 is 1.36 bits per heavy atom. The highest BCUT2D eigenvalue weighted by molar-refractivity contribution is 5.75. The van der Waals surface area contributed by atoms with Crippen LogP contribution in [-0.2, 0) is 16.8 Å². The van der Waals surface area contributed by atoms with Crippen LogP contribution in [0.2, 0.25) is 0 Å². The Bertz CT molecular complexity index is 780. The molecule has 2 rings (SSSR count). The minimum absolute atomic E-state index is 0.483. The lowest BCUT2D eigenvalue weighted by molar-refractivity contribution is -0.143. The van der Waals surface area contributed by atoms with E-state index in [0.29, 0.717) is 12.1 Å². The Labute approximate surface area is 148 Å². The molecule has 0 amide bonds. The van der Waals surface area contributed by atoms with Gasteiger partial charge in [0.05, 0.1) is 17.2 Å². The van der Waals surface area contributed by atoms with E-state index in [1.165, 1.54) is 0 Å². The minimum Gasteiger partial charge on any atom is -0.480 e. The lowest BCUT2D eigenvalue weighted by Crippen LogP contribution is -2.31. The highest BCUT2D eigenvalue weighted by Gasteiger charge is 2.27. The number of carboxylic acid groups (broad SMARTS) is 1. The number of nitriles is 1. The lowest BCUT2D eigenvalue weighted by atomic mass is 9.85. The van der Waals surface area contributed by atoms with Crippen LogP contribution in [0.4, 0.5) is 0 Å². The number of H-pyrrole nitrogens is 1. The van der Waals surface area contributed by atoms with Gasteiger partial charge >= 0.3 is 5.97 Å². The molecule has 0 fully saturated rings. The van der Waals surface area contributed by atoms with Gasteiger partial charge in [-0.05, 0) is 45.9 Å². The van der Waals surface area contributed by atoms with E-state index in [-0.39, 0.29) is 0 Å². The van der Waals surface area contributed by atoms with Gasteiger partial charge in [0.2, 0.25) is 0 Å². The molecule has 132 valence electrons. The molecular formula is C19H24N4O2. The Hall–Kier alpha value is -2.65. The van der Waals surface area contributed by atoms with E-state index in [9.17, 15) is 15.2 Å². The number of hydrogen-bond donors (Lipinski definition) is 2. The number of aromatic amines is 1. The van der Waals surface area contributed by atoms with E-state index in [1.807, 2.05) is 39.8 Å². The molecule has 0 spiro atoms. The fraction of sp³-hybridized carbons (Fsp3) is 0.421. The number of likely N-dealkylation sites (N-methyl/N-ethyl adjacent to an activating group) is 1. The van der Waals surface area contributed by atoms with Gasteiger partial charge in [-0.3, -0.25) is 14.8 Å². The predicted octanol–water partition coefficient (Wildman–Crippen LogP) is 3.09. The molecule has 25 heavy (non-hydrogen) atoms. The fourth-order valence-electron chi connectivity index (χ4n) is 2.88. The number of nitrogens with one attached hydrogen (secondary N) is 1. The van der Waals surface area contributed by atoms with E-state index in [4.69, 9.17) is 0 Å². The number of rotatable bonds is 6. The van der Waals surface area contributed by atoms with Crippen LogP contribution in [0.15, 0.2) is 24.3 Å². The second-order valence-corrected chi connectivity index (χ2v) is 6.93. The highest BCUT2D eigenvalue weighted by atomic mass is 16.4. The summed E-state index contributed by atoms with van der Waals surface area (Å²) in [6.45, 7) is 8.00. The third-order valence-electron chi connectivity index (χ3n) is 4.59. The van der Waals surface area contributed by atoms with Crippen LogP contribution in [0.1, 0.15) is 48.0 Å². The molecule has 2 aromatic rings. The molecule has 1 aromatic carbocycles. The van der Waals surface area contributed by atoms with Crippen molar-refractivity contribution in [2.75, 3.05) is 7.05 Å². The van der Waals surface area contributed by atoms with Gasteiger partial charge in [0.25, 0.3) is 0 Å². The van der Waals surface area contributed by atoms with Gasteiger partial charge in [0, 0.05) is 17.8 Å². The molecule has 0 aliphatic heterocycles. The summed E-state index contributed by atoms with van der Waals surface area (Å²) < 4.78 is 0. The number of hydrogen-bond acceptors (Lipinski definition) is 4. The first kappa shape index (κ1) is 18.7. The molecule has 0 saturated heterocycles. The quantitative estimate of drug-likeness (QED) is 0.843. The van der Waals surface area contributed by atoms with Crippen molar-refractivity contribution in [3.05, 3.63) is 52.3 Å². The molecule has 6 heteroatoms. The van der Waals surface area contributed by atoms with Gasteiger partial charge in [0.15, 0.2) is 0 Å². The third-order valence-corrected chi connectivity index (χ3v) is 4.59. The summed E-state index contributed by atoms with van der Waals surface area (Å²) in [5, 5.41) is 26.0. The van der Waals surface area contributed by atoms with Crippen molar-refractivity contribution in [3.8, 4) is 6.07 Å². The summed E-state index contributed by atoms with van der Waals surface area (Å²) in [6.07, 6.45) is 0. The highest BCUT2D eigenvalue weighted by Crippen LogP contribution is 2.27. The fourth-order valence-corrected chi connectivity index (χ4v) is 2.88. The molecule has 0 unspecified atom stereocenters. The zero-order valence-corrected chi connectivity index (χ0v) is 15.3. The van der Waals surface area contributed by atoms with Gasteiger partial charge in [-0.25, -0.2) is 0 Å². The standard InChI is InChI=1S/C19H24N4O2/c1-12-16(13(2)22-21-12)10-23(5)17(18(24)25)14-6-8-15(9-7-14)19(3,4)11-20/h6-9,17H,10H2,1-5H3,(H,21,22)(H,24,25)/t17-/m1/s1. The zero-order valence-electron chi connectivity index (χ0n) is 15.3. The number of nitrogens with zero attached hydrogens (tertiary/aromatic N) is 3. The van der Waals surface area contributed by atoms with Crippen LogP contribution < -0.4 is 0 Å². The topological polar surface area (TPSA) is 93.0 Å². The van der Waals surface area contributed by atoms with Gasteiger partial charge < -0.3 is 5.11 Å². The van der Waals surface area contributed by atoms with Crippen molar-refractivity contribution in [2.45, 2.75) is 45.7 Å². The zero-order chi connectivity index (χ0) is 18.8. The monoisotopic (exact) mass is 340 g/mol. The number of aryl methyl sites for hydroxylation is 2. The largest absolute Gasteiger partial charge is 0.480 e. The molecule has 0 radical (unpaired) electrons. The molecule has 0 saturated carbocycles. The molecular weight excluding hydrogens is 316 g/mol. The first-order valence-electron chi connectivity index (χ1n) is 8.12. The average Bonchev–Trinajstić information content (AvgIpc) is 2.87. The minimum atomic E-state index is -0.909. The summed E-state index contributed by atoms with van der Waals surface area (Å²) in [5.74, 6) is -0.909. The Kier molecular flexibility index (Phi) is 5.29. The number of carbonyl (C=O) groups is 1. The van der Waals surface area contributed by atoms with Gasteiger partial charge in [0.1, 0.15) is 6.04 Å². The van der Waals surface area contributed by atoms with E-state index in [1.54, 1.807) is 24.1 Å². The summed E-state index contributed by atoms with van der Waals surface area (Å²) in [5.41, 5.74) is 3.78. The molecule has 0 aliphatic rings. The number of benzene rings is 1. The van der Waals surface area contributed by atoms with Crippen LogP contribution in [0.25, 0.3) is 0 Å². The van der Waals surface area contributed by atoms with Crippen LogP contribution in [0, 0.1) is 25.2 Å². The van der Waals surface area contributed by atoms with Gasteiger partial charge in [-0.1, -0.05) is 24.3 Å². The molecule has 2 N–H and O–H groups in total. The predicted molar refractivity (Wildman–Crippen MR) is 95.0 cm³/mol. The Balaban J connectivity index is 2.29. The van der Waals surface area contributed by atoms with E-state index in [2.05, 4.69) is 16.3 Å². The lowest BCUT2D eigenvalue weighted by Gasteiger charge is -2.26. The molecule has 0 bridgehead atoms. The van der Waals surface area contributed by atoms with Crippen molar-refractivity contribution in [3.63, 3.8) is 0 Å². The average molecular weight is 340 g/mol. The molecule has 0 aliphatic carbocycles.